The molecule has 7 nitrogen and oxygen atoms in total. The van der Waals surface area contributed by atoms with E-state index in [9.17, 15) is 4.79 Å². The smallest absolute Gasteiger partial charge is 0.183 e. The minimum atomic E-state index is 0.0388. The monoisotopic (exact) mass is 282 g/mol. The second-order valence-electron chi connectivity index (χ2n) is 4.56. The summed E-state index contributed by atoms with van der Waals surface area (Å²) in [4.78, 5) is 19.7. The average Bonchev–Trinajstić information content (AvgIpc) is 2.92. The topological polar surface area (TPSA) is 85.6 Å². The maximum atomic E-state index is 11.3. The minimum absolute atomic E-state index is 0.0388. The molecule has 0 fully saturated rings. The Balaban J connectivity index is 1.94. The van der Waals surface area contributed by atoms with Crippen molar-refractivity contribution in [2.75, 3.05) is 5.32 Å². The van der Waals surface area contributed by atoms with E-state index in [2.05, 4.69) is 25.6 Å². The first-order valence-corrected chi connectivity index (χ1v) is 6.61. The Bertz CT molecular complexity index is 793. The van der Waals surface area contributed by atoms with Gasteiger partial charge in [0.05, 0.1) is 0 Å². The lowest BCUT2D eigenvalue weighted by Crippen LogP contribution is -1.99. The van der Waals surface area contributed by atoms with E-state index in [0.717, 1.165) is 5.69 Å². The number of aromatic nitrogens is 5. The molecule has 0 bridgehead atoms. The van der Waals surface area contributed by atoms with E-state index in [4.69, 9.17) is 0 Å². The summed E-state index contributed by atoms with van der Waals surface area (Å²) >= 11 is 0. The van der Waals surface area contributed by atoms with E-state index in [-0.39, 0.29) is 5.78 Å². The zero-order chi connectivity index (χ0) is 14.8. The Hall–Kier alpha value is -2.83. The van der Waals surface area contributed by atoms with Crippen molar-refractivity contribution in [1.29, 1.82) is 0 Å². The fourth-order valence-electron chi connectivity index (χ4n) is 2.02. The van der Waals surface area contributed by atoms with Crippen LogP contribution in [0.25, 0.3) is 11.2 Å². The predicted octanol–water partition coefficient (Wildman–Crippen LogP) is 2.19. The normalized spacial score (nSPS) is 10.8. The van der Waals surface area contributed by atoms with Crippen LogP contribution in [0.2, 0.25) is 0 Å². The van der Waals surface area contributed by atoms with Gasteiger partial charge in [0.25, 0.3) is 0 Å². The summed E-state index contributed by atoms with van der Waals surface area (Å²) in [5.74, 6) is 0.632. The number of benzene rings is 1. The molecule has 3 rings (SSSR count). The molecule has 21 heavy (non-hydrogen) atoms. The first kappa shape index (κ1) is 13.2. The Labute approximate surface area is 121 Å². The first-order chi connectivity index (χ1) is 10.2. The predicted molar refractivity (Wildman–Crippen MR) is 78.5 cm³/mol. The fraction of sp³-hybridized carbons (Fsp3) is 0.214. The van der Waals surface area contributed by atoms with Crippen molar-refractivity contribution < 1.29 is 4.79 Å². The van der Waals surface area contributed by atoms with Crippen molar-refractivity contribution in [3.63, 3.8) is 0 Å². The van der Waals surface area contributed by atoms with Gasteiger partial charge in [-0.25, -0.2) is 14.6 Å². The van der Waals surface area contributed by atoms with Gasteiger partial charge in [0.1, 0.15) is 6.33 Å². The van der Waals surface area contributed by atoms with Gasteiger partial charge in [0, 0.05) is 17.8 Å². The molecule has 0 aliphatic rings. The molecule has 0 aliphatic carbocycles. The summed E-state index contributed by atoms with van der Waals surface area (Å²) < 4.78 is 1.71. The number of carbonyl (C=O) groups is 1. The quantitative estimate of drug-likeness (QED) is 0.738. The lowest BCUT2D eigenvalue weighted by Gasteiger charge is -2.06. The third-order valence-electron chi connectivity index (χ3n) is 3.15. The van der Waals surface area contributed by atoms with Gasteiger partial charge in [0.15, 0.2) is 22.8 Å². The Morgan fingerprint density at radius 2 is 2.00 bits per heavy atom. The second-order valence-corrected chi connectivity index (χ2v) is 4.56. The highest BCUT2D eigenvalue weighted by Gasteiger charge is 2.11. The molecule has 0 aliphatic heterocycles. The number of carbonyl (C=O) groups excluding carboxylic acids is 1. The molecule has 0 unspecified atom stereocenters. The summed E-state index contributed by atoms with van der Waals surface area (Å²) in [6.07, 6.45) is 1.48. The van der Waals surface area contributed by atoms with Gasteiger partial charge in [-0.1, -0.05) is 5.21 Å². The van der Waals surface area contributed by atoms with Crippen LogP contribution in [0.3, 0.4) is 0 Å². The van der Waals surface area contributed by atoms with Gasteiger partial charge in [-0.15, -0.1) is 5.10 Å². The number of aryl methyl sites for hydroxylation is 1. The summed E-state index contributed by atoms with van der Waals surface area (Å²) in [6.45, 7) is 4.21. The van der Waals surface area contributed by atoms with Gasteiger partial charge in [0.2, 0.25) is 0 Å². The van der Waals surface area contributed by atoms with Gasteiger partial charge in [-0.05, 0) is 38.1 Å². The number of fused-ring (bicyclic) bond motifs is 1. The number of anilines is 2. The van der Waals surface area contributed by atoms with E-state index in [1.54, 1.807) is 23.7 Å². The molecule has 2 aromatic heterocycles. The van der Waals surface area contributed by atoms with Gasteiger partial charge in [-0.2, -0.15) is 0 Å². The van der Waals surface area contributed by atoms with Gasteiger partial charge >= 0.3 is 0 Å². The summed E-state index contributed by atoms with van der Waals surface area (Å²) in [5, 5.41) is 11.3. The van der Waals surface area contributed by atoms with Crippen LogP contribution in [0.1, 0.15) is 24.2 Å². The van der Waals surface area contributed by atoms with Crippen LogP contribution in [0.15, 0.2) is 30.6 Å². The van der Waals surface area contributed by atoms with Crippen molar-refractivity contribution in [2.45, 2.75) is 20.4 Å². The number of Topliss-reactive ketones (excluding diaryl/α,β-unsaturated/α-hetero) is 1. The minimum Gasteiger partial charge on any atom is -0.338 e. The van der Waals surface area contributed by atoms with Crippen molar-refractivity contribution in [1.82, 2.24) is 25.0 Å². The molecule has 0 saturated heterocycles. The molecule has 0 saturated carbocycles. The van der Waals surface area contributed by atoms with E-state index < -0.39 is 0 Å². The van der Waals surface area contributed by atoms with Crippen LogP contribution >= 0.6 is 0 Å². The largest absolute Gasteiger partial charge is 0.338 e. The zero-order valence-corrected chi connectivity index (χ0v) is 11.7. The SMILES string of the molecule is CCn1nnc2c(Nc3ccc(C(C)=O)cc3)ncnc21. The zero-order valence-electron chi connectivity index (χ0n) is 11.7. The number of nitrogens with one attached hydrogen (secondary N) is 1. The van der Waals surface area contributed by atoms with Crippen molar-refractivity contribution >= 4 is 28.5 Å². The first-order valence-electron chi connectivity index (χ1n) is 6.61. The molecule has 0 radical (unpaired) electrons. The Morgan fingerprint density at radius 1 is 1.24 bits per heavy atom. The van der Waals surface area contributed by atoms with Crippen LogP contribution < -0.4 is 5.32 Å². The highest BCUT2D eigenvalue weighted by molar-refractivity contribution is 5.94. The third kappa shape index (κ3) is 2.45. The lowest BCUT2D eigenvalue weighted by molar-refractivity contribution is 0.101. The molecule has 106 valence electrons. The van der Waals surface area contributed by atoms with E-state index in [1.807, 2.05) is 19.1 Å². The second kappa shape index (κ2) is 5.28. The molecular weight excluding hydrogens is 268 g/mol. The van der Waals surface area contributed by atoms with Crippen LogP contribution in [0, 0.1) is 0 Å². The molecule has 2 heterocycles. The summed E-state index contributed by atoms with van der Waals surface area (Å²) in [6, 6.07) is 7.20. The van der Waals surface area contributed by atoms with Crippen LogP contribution in [0.4, 0.5) is 11.5 Å². The molecule has 3 aromatic rings. The number of hydrogen-bond donors (Lipinski definition) is 1. The highest BCUT2D eigenvalue weighted by atomic mass is 16.1. The van der Waals surface area contributed by atoms with Crippen molar-refractivity contribution in [3.05, 3.63) is 36.2 Å². The third-order valence-corrected chi connectivity index (χ3v) is 3.15. The molecule has 0 amide bonds. The Kier molecular flexibility index (Phi) is 3.31. The van der Waals surface area contributed by atoms with E-state index in [1.165, 1.54) is 6.33 Å². The van der Waals surface area contributed by atoms with E-state index >= 15 is 0 Å². The summed E-state index contributed by atoms with van der Waals surface area (Å²) in [7, 11) is 0. The fourth-order valence-corrected chi connectivity index (χ4v) is 2.02. The van der Waals surface area contributed by atoms with Gasteiger partial charge < -0.3 is 5.32 Å². The number of ketones is 1. The number of nitrogens with zero attached hydrogens (tertiary/aromatic N) is 5. The van der Waals surface area contributed by atoms with Crippen LogP contribution in [0.5, 0.6) is 0 Å². The number of rotatable bonds is 4. The average molecular weight is 282 g/mol. The van der Waals surface area contributed by atoms with Crippen molar-refractivity contribution in [2.24, 2.45) is 0 Å². The van der Waals surface area contributed by atoms with Crippen molar-refractivity contribution in [3.8, 4) is 0 Å². The molecule has 1 aromatic carbocycles. The lowest BCUT2D eigenvalue weighted by atomic mass is 10.1. The standard InChI is InChI=1S/C14H14N6O/c1-3-20-14-12(18-19-20)13(15-8-16-14)17-11-6-4-10(5-7-11)9(2)21/h4-8H,3H2,1-2H3,(H,15,16,17). The van der Waals surface area contributed by atoms with E-state index in [0.29, 0.717) is 29.1 Å². The van der Waals surface area contributed by atoms with Crippen LogP contribution in [-0.4, -0.2) is 30.7 Å². The number of hydrogen-bond acceptors (Lipinski definition) is 6. The Morgan fingerprint density at radius 3 is 2.67 bits per heavy atom. The summed E-state index contributed by atoms with van der Waals surface area (Å²) in [5.41, 5.74) is 2.81. The molecule has 7 heteroatoms. The molecule has 1 N–H and O–H groups in total. The molecule has 0 atom stereocenters. The maximum Gasteiger partial charge on any atom is 0.183 e. The highest BCUT2D eigenvalue weighted by Crippen LogP contribution is 2.21. The maximum absolute atomic E-state index is 11.3. The van der Waals surface area contributed by atoms with Gasteiger partial charge in [-0.3, -0.25) is 4.79 Å². The van der Waals surface area contributed by atoms with Crippen LogP contribution in [-0.2, 0) is 6.54 Å². The molecule has 0 spiro atoms. The molecular formula is C14H14N6O.